The van der Waals surface area contributed by atoms with Gasteiger partial charge in [-0.3, -0.25) is 4.79 Å². The first kappa shape index (κ1) is 15.1. The molecule has 19 heavy (non-hydrogen) atoms. The maximum atomic E-state index is 11.4. The summed E-state index contributed by atoms with van der Waals surface area (Å²) in [5.74, 6) is 0.254. The van der Waals surface area contributed by atoms with Crippen LogP contribution < -0.4 is 4.74 Å². The summed E-state index contributed by atoms with van der Waals surface area (Å²) in [6, 6.07) is 5.08. The Bertz CT molecular complexity index is 440. The van der Waals surface area contributed by atoms with Crippen LogP contribution in [0.4, 0.5) is 0 Å². The van der Waals surface area contributed by atoms with Crippen molar-refractivity contribution < 1.29 is 19.4 Å². The van der Waals surface area contributed by atoms with Crippen LogP contribution in [0.3, 0.4) is 0 Å². The molecular weight excluding hydrogens is 244 g/mol. The number of carbonyl (C=O) groups is 1. The van der Waals surface area contributed by atoms with Crippen LogP contribution in [0.5, 0.6) is 11.5 Å². The van der Waals surface area contributed by atoms with E-state index in [1.54, 1.807) is 31.2 Å². The predicted octanol–water partition coefficient (Wildman–Crippen LogP) is 3.01. The van der Waals surface area contributed by atoms with Gasteiger partial charge in [0.1, 0.15) is 6.61 Å². The van der Waals surface area contributed by atoms with E-state index in [4.69, 9.17) is 9.47 Å². The monoisotopic (exact) mass is 264 g/mol. The third-order valence-corrected chi connectivity index (χ3v) is 2.69. The van der Waals surface area contributed by atoms with Crippen LogP contribution in [-0.2, 0) is 9.53 Å². The minimum absolute atomic E-state index is 0.00531. The minimum Gasteiger partial charge on any atom is -0.504 e. The van der Waals surface area contributed by atoms with Crippen LogP contribution in [0, 0.1) is 0 Å². The standard InChI is InChI=1S/C15H20O4/c1-4-8-19-14-10-12(6-7-13(14)16)11(3)9-15(17)18-5-2/h4,6-7,10-11,16H,1,5,8-9H2,2-3H3. The molecule has 0 aliphatic rings. The Labute approximate surface area is 113 Å². The van der Waals surface area contributed by atoms with Crippen molar-refractivity contribution >= 4 is 5.97 Å². The van der Waals surface area contributed by atoms with Crippen LogP contribution in [0.15, 0.2) is 30.9 Å². The first-order valence-corrected chi connectivity index (χ1v) is 6.30. The van der Waals surface area contributed by atoms with Crippen molar-refractivity contribution in [3.63, 3.8) is 0 Å². The van der Waals surface area contributed by atoms with Crippen molar-refractivity contribution in [2.75, 3.05) is 13.2 Å². The summed E-state index contributed by atoms with van der Waals surface area (Å²) in [7, 11) is 0. The van der Waals surface area contributed by atoms with Crippen LogP contribution in [0.25, 0.3) is 0 Å². The summed E-state index contributed by atoms with van der Waals surface area (Å²) in [6.07, 6.45) is 1.91. The molecule has 0 saturated heterocycles. The minimum atomic E-state index is -0.225. The van der Waals surface area contributed by atoms with Gasteiger partial charge in [0.2, 0.25) is 0 Å². The average molecular weight is 264 g/mol. The number of carbonyl (C=O) groups excluding carboxylic acids is 1. The topological polar surface area (TPSA) is 55.8 Å². The van der Waals surface area contributed by atoms with Crippen molar-refractivity contribution in [3.8, 4) is 11.5 Å². The molecule has 0 saturated carbocycles. The van der Waals surface area contributed by atoms with Gasteiger partial charge in [-0.15, -0.1) is 0 Å². The number of phenolic OH excluding ortho intramolecular Hbond substituents is 1. The fourth-order valence-electron chi connectivity index (χ4n) is 1.69. The van der Waals surface area contributed by atoms with E-state index < -0.39 is 0 Å². The SMILES string of the molecule is C=CCOc1cc(C(C)CC(=O)OCC)ccc1O. The zero-order valence-corrected chi connectivity index (χ0v) is 11.4. The molecule has 0 aliphatic heterocycles. The van der Waals surface area contributed by atoms with Gasteiger partial charge in [-0.2, -0.15) is 0 Å². The van der Waals surface area contributed by atoms with E-state index in [0.717, 1.165) is 5.56 Å². The Morgan fingerprint density at radius 2 is 2.26 bits per heavy atom. The number of rotatable bonds is 7. The molecule has 0 bridgehead atoms. The molecule has 0 amide bonds. The smallest absolute Gasteiger partial charge is 0.306 e. The normalized spacial score (nSPS) is 11.7. The lowest BCUT2D eigenvalue weighted by atomic mass is 9.97. The average Bonchev–Trinajstić information content (AvgIpc) is 2.37. The Morgan fingerprint density at radius 3 is 2.89 bits per heavy atom. The second-order valence-corrected chi connectivity index (χ2v) is 4.24. The zero-order chi connectivity index (χ0) is 14.3. The van der Waals surface area contributed by atoms with Crippen LogP contribution in [0.1, 0.15) is 31.7 Å². The highest BCUT2D eigenvalue weighted by Crippen LogP contribution is 2.31. The zero-order valence-electron chi connectivity index (χ0n) is 11.4. The van der Waals surface area contributed by atoms with Crippen LogP contribution >= 0.6 is 0 Å². The lowest BCUT2D eigenvalue weighted by Gasteiger charge is -2.13. The summed E-state index contributed by atoms with van der Waals surface area (Å²) < 4.78 is 10.3. The summed E-state index contributed by atoms with van der Waals surface area (Å²) in [4.78, 5) is 11.4. The van der Waals surface area contributed by atoms with Crippen LogP contribution in [0.2, 0.25) is 0 Å². The number of esters is 1. The van der Waals surface area contributed by atoms with Gasteiger partial charge in [-0.25, -0.2) is 0 Å². The van der Waals surface area contributed by atoms with Crippen molar-refractivity contribution in [2.24, 2.45) is 0 Å². The van der Waals surface area contributed by atoms with Gasteiger partial charge in [0.15, 0.2) is 11.5 Å². The number of aromatic hydroxyl groups is 1. The molecule has 4 heteroatoms. The Balaban J connectivity index is 2.76. The van der Waals surface area contributed by atoms with Gasteiger partial charge < -0.3 is 14.6 Å². The molecular formula is C15H20O4. The van der Waals surface area contributed by atoms with Crippen molar-refractivity contribution in [1.29, 1.82) is 0 Å². The first-order valence-electron chi connectivity index (χ1n) is 6.30. The molecule has 4 nitrogen and oxygen atoms in total. The number of hydrogen-bond donors (Lipinski definition) is 1. The molecule has 0 radical (unpaired) electrons. The molecule has 0 aliphatic carbocycles. The van der Waals surface area contributed by atoms with E-state index in [1.807, 2.05) is 6.92 Å². The molecule has 104 valence electrons. The van der Waals surface area contributed by atoms with Gasteiger partial charge in [0.25, 0.3) is 0 Å². The van der Waals surface area contributed by atoms with E-state index >= 15 is 0 Å². The van der Waals surface area contributed by atoms with Crippen molar-refractivity contribution in [2.45, 2.75) is 26.2 Å². The molecule has 0 spiro atoms. The Kier molecular flexibility index (Phi) is 5.93. The number of phenols is 1. The molecule has 1 unspecified atom stereocenters. The number of hydrogen-bond acceptors (Lipinski definition) is 4. The van der Waals surface area contributed by atoms with Gasteiger partial charge in [-0.1, -0.05) is 25.6 Å². The molecule has 1 aromatic carbocycles. The highest BCUT2D eigenvalue weighted by Gasteiger charge is 2.14. The molecule has 1 aromatic rings. The third kappa shape index (κ3) is 4.66. The Hall–Kier alpha value is -1.97. The van der Waals surface area contributed by atoms with Crippen LogP contribution in [-0.4, -0.2) is 24.3 Å². The molecule has 1 atom stereocenters. The van der Waals surface area contributed by atoms with Gasteiger partial charge in [0, 0.05) is 0 Å². The van der Waals surface area contributed by atoms with E-state index in [2.05, 4.69) is 6.58 Å². The fraction of sp³-hybridized carbons (Fsp3) is 0.400. The van der Waals surface area contributed by atoms with E-state index in [0.29, 0.717) is 25.4 Å². The molecule has 1 N–H and O–H groups in total. The van der Waals surface area contributed by atoms with Crippen molar-refractivity contribution in [3.05, 3.63) is 36.4 Å². The largest absolute Gasteiger partial charge is 0.504 e. The lowest BCUT2D eigenvalue weighted by molar-refractivity contribution is -0.143. The Morgan fingerprint density at radius 1 is 1.53 bits per heavy atom. The van der Waals surface area contributed by atoms with E-state index in [-0.39, 0.29) is 17.6 Å². The predicted molar refractivity (Wildman–Crippen MR) is 73.5 cm³/mol. The van der Waals surface area contributed by atoms with E-state index in [1.165, 1.54) is 0 Å². The maximum Gasteiger partial charge on any atom is 0.306 e. The summed E-state index contributed by atoms with van der Waals surface area (Å²) in [5, 5.41) is 9.66. The summed E-state index contributed by atoms with van der Waals surface area (Å²) in [6.45, 7) is 7.97. The molecule has 1 rings (SSSR count). The summed E-state index contributed by atoms with van der Waals surface area (Å²) >= 11 is 0. The lowest BCUT2D eigenvalue weighted by Crippen LogP contribution is -2.08. The number of benzene rings is 1. The second-order valence-electron chi connectivity index (χ2n) is 4.24. The number of ether oxygens (including phenoxy) is 2. The fourth-order valence-corrected chi connectivity index (χ4v) is 1.69. The molecule has 0 fully saturated rings. The highest BCUT2D eigenvalue weighted by molar-refractivity contribution is 5.70. The maximum absolute atomic E-state index is 11.4. The summed E-state index contributed by atoms with van der Waals surface area (Å²) in [5.41, 5.74) is 0.921. The van der Waals surface area contributed by atoms with Gasteiger partial charge in [0.05, 0.1) is 13.0 Å². The van der Waals surface area contributed by atoms with E-state index in [9.17, 15) is 9.90 Å². The van der Waals surface area contributed by atoms with Gasteiger partial charge in [-0.05, 0) is 30.5 Å². The molecule has 0 aromatic heterocycles. The molecule has 0 heterocycles. The quantitative estimate of drug-likeness (QED) is 0.607. The highest BCUT2D eigenvalue weighted by atomic mass is 16.5. The second kappa shape index (κ2) is 7.46. The van der Waals surface area contributed by atoms with Gasteiger partial charge >= 0.3 is 5.97 Å². The third-order valence-electron chi connectivity index (χ3n) is 2.69. The van der Waals surface area contributed by atoms with Crippen molar-refractivity contribution in [1.82, 2.24) is 0 Å². The first-order chi connectivity index (χ1) is 9.08.